The maximum Gasteiger partial charge on any atom is 0.246 e. The number of likely N-dealkylation sites (tertiary alicyclic amines) is 1. The molecule has 1 aliphatic rings. The lowest BCUT2D eigenvalue weighted by atomic mass is 10.4. The Balaban J connectivity index is 1.73. The third-order valence-electron chi connectivity index (χ3n) is 2.37. The summed E-state index contributed by atoms with van der Waals surface area (Å²) in [4.78, 5) is 6.26. The van der Waals surface area contributed by atoms with E-state index in [9.17, 15) is 0 Å². The molecule has 1 aromatic heterocycles. The third kappa shape index (κ3) is 3.28. The number of aromatic nitrogens is 3. The molecule has 1 saturated heterocycles. The van der Waals surface area contributed by atoms with E-state index in [4.69, 9.17) is 16.3 Å². The molecule has 0 N–H and O–H groups in total. The van der Waals surface area contributed by atoms with Crippen molar-refractivity contribution in [3.63, 3.8) is 0 Å². The fourth-order valence-corrected chi connectivity index (χ4v) is 1.75. The molecule has 15 heavy (non-hydrogen) atoms. The van der Waals surface area contributed by atoms with Crippen molar-refractivity contribution in [3.05, 3.63) is 11.5 Å². The van der Waals surface area contributed by atoms with E-state index in [0.29, 0.717) is 12.5 Å². The van der Waals surface area contributed by atoms with Crippen LogP contribution in [0.25, 0.3) is 0 Å². The van der Waals surface area contributed by atoms with Gasteiger partial charge in [-0.3, -0.25) is 4.90 Å². The predicted molar refractivity (Wildman–Crippen MR) is 56.0 cm³/mol. The molecule has 2 rings (SSSR count). The van der Waals surface area contributed by atoms with Gasteiger partial charge in [0, 0.05) is 6.54 Å². The summed E-state index contributed by atoms with van der Waals surface area (Å²) in [5.74, 6) is 0.439. The molecule has 0 saturated carbocycles. The maximum atomic E-state index is 5.58. The minimum atomic E-state index is 0.119. The van der Waals surface area contributed by atoms with Crippen LogP contribution in [0.2, 0.25) is 5.28 Å². The first-order valence-electron chi connectivity index (χ1n) is 5.05. The molecule has 2 heterocycles. The molecule has 0 aromatic carbocycles. The Morgan fingerprint density at radius 2 is 2.20 bits per heavy atom. The lowest BCUT2D eigenvalue weighted by molar-refractivity contribution is 0.231. The van der Waals surface area contributed by atoms with Crippen molar-refractivity contribution < 1.29 is 4.74 Å². The van der Waals surface area contributed by atoms with Crippen molar-refractivity contribution >= 4 is 11.6 Å². The second-order valence-electron chi connectivity index (χ2n) is 3.46. The number of hydrogen-bond donors (Lipinski definition) is 0. The van der Waals surface area contributed by atoms with Gasteiger partial charge in [-0.25, -0.2) is 0 Å². The van der Waals surface area contributed by atoms with Gasteiger partial charge in [0.05, 0.1) is 0 Å². The zero-order valence-electron chi connectivity index (χ0n) is 8.40. The molecule has 6 heteroatoms. The molecule has 0 radical (unpaired) electrons. The smallest absolute Gasteiger partial charge is 0.246 e. The zero-order valence-corrected chi connectivity index (χ0v) is 9.15. The van der Waals surface area contributed by atoms with Gasteiger partial charge in [0.25, 0.3) is 0 Å². The average Bonchev–Trinajstić information content (AvgIpc) is 2.71. The molecule has 0 atom stereocenters. The Morgan fingerprint density at radius 3 is 2.93 bits per heavy atom. The van der Waals surface area contributed by atoms with E-state index in [1.165, 1.54) is 32.1 Å². The van der Waals surface area contributed by atoms with E-state index in [2.05, 4.69) is 20.1 Å². The molecule has 0 spiro atoms. The molecule has 0 aliphatic carbocycles. The maximum absolute atomic E-state index is 5.58. The number of rotatable bonds is 4. The van der Waals surface area contributed by atoms with Crippen molar-refractivity contribution in [2.24, 2.45) is 0 Å². The first-order valence-corrected chi connectivity index (χ1v) is 5.43. The molecule has 5 nitrogen and oxygen atoms in total. The Bertz CT molecular complexity index is 317. The van der Waals surface area contributed by atoms with Gasteiger partial charge < -0.3 is 4.74 Å². The van der Waals surface area contributed by atoms with E-state index in [0.717, 1.165) is 6.54 Å². The standard InChI is InChI=1S/C9H13ClN4O/c10-9-12-8(7-11-13-9)15-6-5-14-3-1-2-4-14/h7H,1-6H2. The number of ether oxygens (including phenoxy) is 1. The van der Waals surface area contributed by atoms with Gasteiger partial charge in [-0.15, -0.1) is 5.10 Å². The van der Waals surface area contributed by atoms with Crippen LogP contribution in [0, 0.1) is 0 Å². The normalized spacial score (nSPS) is 16.9. The zero-order chi connectivity index (χ0) is 10.5. The highest BCUT2D eigenvalue weighted by molar-refractivity contribution is 6.28. The highest BCUT2D eigenvalue weighted by Crippen LogP contribution is 2.08. The second-order valence-corrected chi connectivity index (χ2v) is 3.80. The van der Waals surface area contributed by atoms with Crippen LogP contribution in [0.15, 0.2) is 6.20 Å². The summed E-state index contributed by atoms with van der Waals surface area (Å²) in [5, 5.41) is 7.31. The van der Waals surface area contributed by atoms with Crippen LogP contribution in [-0.4, -0.2) is 46.3 Å². The SMILES string of the molecule is Clc1nncc(OCCN2CCCC2)n1. The minimum Gasteiger partial charge on any atom is -0.475 e. The fourth-order valence-electron chi connectivity index (χ4n) is 1.62. The fraction of sp³-hybridized carbons (Fsp3) is 0.667. The van der Waals surface area contributed by atoms with Crippen LogP contribution in [0.1, 0.15) is 12.8 Å². The minimum absolute atomic E-state index is 0.119. The lowest BCUT2D eigenvalue weighted by Gasteiger charge is -2.14. The average molecular weight is 229 g/mol. The van der Waals surface area contributed by atoms with Gasteiger partial charge in [0.1, 0.15) is 12.8 Å². The summed E-state index contributed by atoms with van der Waals surface area (Å²) in [6.45, 7) is 3.90. The van der Waals surface area contributed by atoms with Gasteiger partial charge in [0.15, 0.2) is 0 Å². The van der Waals surface area contributed by atoms with Crippen molar-refractivity contribution in [2.75, 3.05) is 26.2 Å². The molecule has 0 bridgehead atoms. The van der Waals surface area contributed by atoms with Crippen molar-refractivity contribution in [1.82, 2.24) is 20.1 Å². The summed E-state index contributed by atoms with van der Waals surface area (Å²) in [6, 6.07) is 0. The number of hydrogen-bond acceptors (Lipinski definition) is 5. The van der Waals surface area contributed by atoms with E-state index >= 15 is 0 Å². The first-order chi connectivity index (χ1) is 7.34. The summed E-state index contributed by atoms with van der Waals surface area (Å²) in [5.41, 5.74) is 0. The van der Waals surface area contributed by atoms with Crippen LogP contribution in [0.3, 0.4) is 0 Å². The monoisotopic (exact) mass is 228 g/mol. The van der Waals surface area contributed by atoms with Crippen LogP contribution in [-0.2, 0) is 0 Å². The van der Waals surface area contributed by atoms with E-state index in [-0.39, 0.29) is 5.28 Å². The van der Waals surface area contributed by atoms with Gasteiger partial charge in [-0.05, 0) is 37.5 Å². The van der Waals surface area contributed by atoms with Crippen molar-refractivity contribution in [1.29, 1.82) is 0 Å². The number of nitrogens with zero attached hydrogens (tertiary/aromatic N) is 4. The number of halogens is 1. The molecular formula is C9H13ClN4O. The first kappa shape index (κ1) is 10.6. The molecular weight excluding hydrogens is 216 g/mol. The molecule has 0 amide bonds. The lowest BCUT2D eigenvalue weighted by Crippen LogP contribution is -2.25. The topological polar surface area (TPSA) is 51.1 Å². The van der Waals surface area contributed by atoms with Gasteiger partial charge >= 0.3 is 0 Å². The second kappa shape index (κ2) is 5.23. The Labute approximate surface area is 93.4 Å². The molecule has 1 fully saturated rings. The van der Waals surface area contributed by atoms with Gasteiger partial charge in [-0.2, -0.15) is 10.1 Å². The van der Waals surface area contributed by atoms with Crippen molar-refractivity contribution in [2.45, 2.75) is 12.8 Å². The molecule has 1 aliphatic heterocycles. The summed E-state index contributed by atoms with van der Waals surface area (Å²) >= 11 is 5.58. The Morgan fingerprint density at radius 1 is 1.40 bits per heavy atom. The van der Waals surface area contributed by atoms with Crippen LogP contribution in [0.4, 0.5) is 0 Å². The summed E-state index contributed by atoms with van der Waals surface area (Å²) < 4.78 is 5.41. The predicted octanol–water partition coefficient (Wildman–Crippen LogP) is 1.000. The van der Waals surface area contributed by atoms with Crippen LogP contribution in [0.5, 0.6) is 5.88 Å². The largest absolute Gasteiger partial charge is 0.475 e. The van der Waals surface area contributed by atoms with E-state index in [1.807, 2.05) is 0 Å². The van der Waals surface area contributed by atoms with Crippen molar-refractivity contribution in [3.8, 4) is 5.88 Å². The Hall–Kier alpha value is -0.940. The third-order valence-corrected chi connectivity index (χ3v) is 2.53. The quantitative estimate of drug-likeness (QED) is 0.770. The molecule has 82 valence electrons. The molecule has 1 aromatic rings. The highest BCUT2D eigenvalue weighted by atomic mass is 35.5. The van der Waals surface area contributed by atoms with E-state index < -0.39 is 0 Å². The van der Waals surface area contributed by atoms with Gasteiger partial charge in [-0.1, -0.05) is 0 Å². The Kier molecular flexibility index (Phi) is 3.69. The summed E-state index contributed by atoms with van der Waals surface area (Å²) in [7, 11) is 0. The highest BCUT2D eigenvalue weighted by Gasteiger charge is 2.10. The van der Waals surface area contributed by atoms with Gasteiger partial charge in [0.2, 0.25) is 11.2 Å². The summed E-state index contributed by atoms with van der Waals surface area (Å²) in [6.07, 6.45) is 4.05. The van der Waals surface area contributed by atoms with Crippen LogP contribution >= 0.6 is 11.6 Å². The van der Waals surface area contributed by atoms with E-state index in [1.54, 1.807) is 0 Å². The molecule has 0 unspecified atom stereocenters. The van der Waals surface area contributed by atoms with Crippen LogP contribution < -0.4 is 4.74 Å².